The third-order valence-corrected chi connectivity index (χ3v) is 7.95. The van der Waals surface area contributed by atoms with Crippen molar-refractivity contribution in [2.45, 2.75) is 71.9 Å². The standard InChI is InChI=1S/C38H42N2O7/c1-24-20-25(2)38(26(3)21-24)32-22-35(47-40-32)28(5)46-39-27(4)12-19-37(41)43-23-36-34(44-31-15-13-30(42-6)14-16-31)18-17-33(45-36)29-10-8-7-9-11-29/h7-11,13-18,20-22,28,33-34,36H,12,19,23H2,1-6H3/b39-27-/t28-,33-,34-,36-/m0/s1. The van der Waals surface area contributed by atoms with Crippen molar-refractivity contribution in [3.63, 3.8) is 0 Å². The molecule has 4 atom stereocenters. The molecule has 1 aliphatic rings. The molecule has 47 heavy (non-hydrogen) atoms. The minimum Gasteiger partial charge on any atom is -0.497 e. The fraction of sp³-hybridized carbons (Fsp3) is 0.342. The summed E-state index contributed by atoms with van der Waals surface area (Å²) in [5.74, 6) is 1.59. The van der Waals surface area contributed by atoms with Crippen LogP contribution in [0.3, 0.4) is 0 Å². The van der Waals surface area contributed by atoms with Gasteiger partial charge in [0.15, 0.2) is 11.9 Å². The van der Waals surface area contributed by atoms with E-state index < -0.39 is 18.3 Å². The number of ether oxygens (including phenoxy) is 4. The molecule has 0 saturated carbocycles. The molecule has 0 fully saturated rings. The molecule has 1 aromatic heterocycles. The lowest BCUT2D eigenvalue weighted by Crippen LogP contribution is -2.40. The van der Waals surface area contributed by atoms with Crippen LogP contribution in [0.25, 0.3) is 11.3 Å². The normalized spacial score (nSPS) is 18.4. The third-order valence-electron chi connectivity index (χ3n) is 7.95. The van der Waals surface area contributed by atoms with Crippen LogP contribution < -0.4 is 9.47 Å². The number of aryl methyl sites for hydroxylation is 3. The van der Waals surface area contributed by atoms with Crippen molar-refractivity contribution in [1.82, 2.24) is 5.16 Å². The summed E-state index contributed by atoms with van der Waals surface area (Å²) in [6, 6.07) is 23.3. The van der Waals surface area contributed by atoms with Crippen molar-refractivity contribution >= 4 is 11.7 Å². The van der Waals surface area contributed by atoms with Crippen molar-refractivity contribution < 1.29 is 33.1 Å². The van der Waals surface area contributed by atoms with Crippen LogP contribution in [0.1, 0.15) is 66.9 Å². The van der Waals surface area contributed by atoms with E-state index in [9.17, 15) is 4.79 Å². The number of hydrogen-bond acceptors (Lipinski definition) is 9. The van der Waals surface area contributed by atoms with Crippen LogP contribution >= 0.6 is 0 Å². The predicted molar refractivity (Wildman–Crippen MR) is 180 cm³/mol. The van der Waals surface area contributed by atoms with Gasteiger partial charge < -0.3 is 28.3 Å². The Bertz CT molecular complexity index is 1670. The number of aromatic nitrogens is 1. The third kappa shape index (κ3) is 8.89. The molecule has 0 radical (unpaired) electrons. The smallest absolute Gasteiger partial charge is 0.306 e. The van der Waals surface area contributed by atoms with Gasteiger partial charge in [0.05, 0.1) is 19.2 Å². The summed E-state index contributed by atoms with van der Waals surface area (Å²) in [5.41, 5.74) is 6.96. The maximum Gasteiger partial charge on any atom is 0.306 e. The van der Waals surface area contributed by atoms with Gasteiger partial charge in [-0.15, -0.1) is 0 Å². The van der Waals surface area contributed by atoms with Crippen LogP contribution in [-0.2, 0) is 19.1 Å². The Morgan fingerprint density at radius 2 is 1.64 bits per heavy atom. The van der Waals surface area contributed by atoms with Gasteiger partial charge in [0, 0.05) is 11.6 Å². The Morgan fingerprint density at radius 3 is 2.34 bits per heavy atom. The van der Waals surface area contributed by atoms with Crippen molar-refractivity contribution in [3.05, 3.63) is 113 Å². The predicted octanol–water partition coefficient (Wildman–Crippen LogP) is 8.20. The molecule has 2 heterocycles. The number of nitrogens with zero attached hydrogens (tertiary/aromatic N) is 2. The van der Waals surface area contributed by atoms with Crippen LogP contribution in [0.4, 0.5) is 0 Å². The van der Waals surface area contributed by atoms with E-state index in [-0.39, 0.29) is 25.1 Å². The van der Waals surface area contributed by atoms with Crippen LogP contribution in [0, 0.1) is 20.8 Å². The van der Waals surface area contributed by atoms with Gasteiger partial charge in [0.25, 0.3) is 0 Å². The molecule has 0 unspecified atom stereocenters. The molecule has 4 aromatic rings. The van der Waals surface area contributed by atoms with Gasteiger partial charge in [-0.1, -0.05) is 64.4 Å². The number of carbonyl (C=O) groups excluding carboxylic acids is 1. The second kappa shape index (κ2) is 15.6. The maximum atomic E-state index is 12.8. The molecule has 0 aliphatic carbocycles. The lowest BCUT2D eigenvalue weighted by atomic mass is 9.97. The van der Waals surface area contributed by atoms with Crippen molar-refractivity contribution in [2.75, 3.05) is 13.7 Å². The topological polar surface area (TPSA) is 102 Å². The Kier molecular flexibility index (Phi) is 11.1. The molecular weight excluding hydrogens is 596 g/mol. The van der Waals surface area contributed by atoms with E-state index in [4.69, 9.17) is 28.3 Å². The van der Waals surface area contributed by atoms with Gasteiger partial charge in [-0.05, 0) is 88.1 Å². The molecule has 0 spiro atoms. The fourth-order valence-corrected chi connectivity index (χ4v) is 5.52. The first-order valence-electron chi connectivity index (χ1n) is 15.8. The number of carbonyl (C=O) groups is 1. The Morgan fingerprint density at radius 1 is 0.936 bits per heavy atom. The first-order valence-corrected chi connectivity index (χ1v) is 15.8. The largest absolute Gasteiger partial charge is 0.497 e. The number of benzene rings is 3. The summed E-state index contributed by atoms with van der Waals surface area (Å²) in [7, 11) is 1.62. The Balaban J connectivity index is 1.14. The van der Waals surface area contributed by atoms with E-state index in [1.807, 2.05) is 86.7 Å². The van der Waals surface area contributed by atoms with Crippen molar-refractivity contribution in [1.29, 1.82) is 0 Å². The van der Waals surface area contributed by atoms with E-state index >= 15 is 0 Å². The summed E-state index contributed by atoms with van der Waals surface area (Å²) >= 11 is 0. The fourth-order valence-electron chi connectivity index (χ4n) is 5.52. The molecule has 0 N–H and O–H groups in total. The van der Waals surface area contributed by atoms with Crippen LogP contribution in [-0.4, -0.2) is 42.8 Å². The summed E-state index contributed by atoms with van der Waals surface area (Å²) < 4.78 is 29.1. The van der Waals surface area contributed by atoms with E-state index in [0.717, 1.165) is 33.7 Å². The summed E-state index contributed by atoms with van der Waals surface area (Å²) in [6.45, 7) is 9.90. The zero-order chi connectivity index (χ0) is 33.3. The summed E-state index contributed by atoms with van der Waals surface area (Å²) in [6.07, 6.45) is 2.72. The average molecular weight is 639 g/mol. The SMILES string of the molecule is COc1ccc(O[C@H]2C=C[C@@H](c3ccccc3)O[C@H]2COC(=O)CC/C(C)=N\O[C@@H](C)c2cc(-c3c(C)cc(C)cc3C)no2)cc1. The molecule has 246 valence electrons. The Labute approximate surface area is 276 Å². The molecule has 5 rings (SSSR count). The zero-order valence-corrected chi connectivity index (χ0v) is 27.8. The molecule has 0 amide bonds. The highest BCUT2D eigenvalue weighted by molar-refractivity contribution is 5.85. The van der Waals surface area contributed by atoms with Crippen LogP contribution in [0.5, 0.6) is 11.5 Å². The van der Waals surface area contributed by atoms with Crippen molar-refractivity contribution in [3.8, 4) is 22.8 Å². The van der Waals surface area contributed by atoms with E-state index in [1.165, 1.54) is 5.56 Å². The summed E-state index contributed by atoms with van der Waals surface area (Å²) in [4.78, 5) is 18.5. The molecule has 0 saturated heterocycles. The van der Waals surface area contributed by atoms with Gasteiger partial charge in [-0.25, -0.2) is 0 Å². The second-order valence-corrected chi connectivity index (χ2v) is 11.8. The zero-order valence-electron chi connectivity index (χ0n) is 27.8. The minimum absolute atomic E-state index is 0.0326. The monoisotopic (exact) mass is 638 g/mol. The molecule has 3 aromatic carbocycles. The average Bonchev–Trinajstić information content (AvgIpc) is 3.56. The first kappa shape index (κ1) is 33.5. The molecule has 9 nitrogen and oxygen atoms in total. The Hall–Kier alpha value is -4.89. The van der Waals surface area contributed by atoms with Crippen LogP contribution in [0.2, 0.25) is 0 Å². The first-order chi connectivity index (χ1) is 22.7. The van der Waals surface area contributed by atoms with E-state index in [0.29, 0.717) is 23.6 Å². The molecular formula is C38H42N2O7. The molecule has 1 aliphatic heterocycles. The summed E-state index contributed by atoms with van der Waals surface area (Å²) in [5, 5.41) is 8.49. The number of methoxy groups -OCH3 is 1. The number of oxime groups is 1. The lowest BCUT2D eigenvalue weighted by molar-refractivity contribution is -0.152. The van der Waals surface area contributed by atoms with Gasteiger partial charge >= 0.3 is 5.97 Å². The maximum absolute atomic E-state index is 12.8. The van der Waals surface area contributed by atoms with Crippen LogP contribution in [0.15, 0.2) is 94.6 Å². The van der Waals surface area contributed by atoms with Gasteiger partial charge in [0.1, 0.15) is 42.1 Å². The number of rotatable bonds is 13. The second-order valence-electron chi connectivity index (χ2n) is 11.8. The highest BCUT2D eigenvalue weighted by atomic mass is 16.6. The van der Waals surface area contributed by atoms with Gasteiger partial charge in [0.2, 0.25) is 0 Å². The highest BCUT2D eigenvalue weighted by Crippen LogP contribution is 2.31. The van der Waals surface area contributed by atoms with Gasteiger partial charge in [-0.2, -0.15) is 0 Å². The number of esters is 1. The van der Waals surface area contributed by atoms with E-state index in [1.54, 1.807) is 7.11 Å². The van der Waals surface area contributed by atoms with Gasteiger partial charge in [-0.3, -0.25) is 4.79 Å². The molecule has 9 heteroatoms. The highest BCUT2D eigenvalue weighted by Gasteiger charge is 2.31. The molecule has 0 bridgehead atoms. The minimum atomic E-state index is -0.519. The van der Waals surface area contributed by atoms with E-state index in [2.05, 4.69) is 43.2 Å². The number of hydrogen-bond donors (Lipinski definition) is 0. The quantitative estimate of drug-likeness (QED) is 0.0625. The van der Waals surface area contributed by atoms with Crippen molar-refractivity contribution in [2.24, 2.45) is 5.16 Å². The lowest BCUT2D eigenvalue weighted by Gasteiger charge is -2.32.